The van der Waals surface area contributed by atoms with E-state index < -0.39 is 6.10 Å². The smallest absolute Gasteiger partial charge is 0.0914 e. The van der Waals surface area contributed by atoms with E-state index in [4.69, 9.17) is 0 Å². The van der Waals surface area contributed by atoms with Crippen molar-refractivity contribution in [3.8, 4) is 0 Å². The fourth-order valence-electron chi connectivity index (χ4n) is 1.85. The molecule has 3 unspecified atom stereocenters. The van der Waals surface area contributed by atoms with Crippen LogP contribution in [0.2, 0.25) is 0 Å². The van der Waals surface area contributed by atoms with Gasteiger partial charge in [-0.15, -0.1) is 0 Å². The van der Waals surface area contributed by atoms with Crippen LogP contribution < -0.4 is 5.32 Å². The lowest BCUT2D eigenvalue weighted by atomic mass is 10.00. The maximum atomic E-state index is 10.1. The Morgan fingerprint density at radius 1 is 1.29 bits per heavy atom. The van der Waals surface area contributed by atoms with Gasteiger partial charge >= 0.3 is 0 Å². The minimum atomic E-state index is -0.415. The standard InChI is InChI=1S/C15H25NO/c1-5-12(3)13(4)16-10-15(17)14-8-6-7-11(2)9-14/h6-9,12-13,15-17H,5,10H2,1-4H3. The van der Waals surface area contributed by atoms with Crippen LogP contribution in [-0.4, -0.2) is 17.7 Å². The molecular weight excluding hydrogens is 210 g/mol. The number of benzene rings is 1. The van der Waals surface area contributed by atoms with Gasteiger partial charge in [-0.1, -0.05) is 50.1 Å². The summed E-state index contributed by atoms with van der Waals surface area (Å²) in [5, 5.41) is 13.5. The largest absolute Gasteiger partial charge is 0.387 e. The second-order valence-electron chi connectivity index (χ2n) is 5.01. The summed E-state index contributed by atoms with van der Waals surface area (Å²) in [6.45, 7) is 9.27. The Labute approximate surface area is 105 Å². The van der Waals surface area contributed by atoms with Crippen molar-refractivity contribution in [3.63, 3.8) is 0 Å². The molecule has 96 valence electrons. The van der Waals surface area contributed by atoms with Crippen LogP contribution in [0, 0.1) is 12.8 Å². The number of hydrogen-bond donors (Lipinski definition) is 2. The number of aliphatic hydroxyl groups excluding tert-OH is 1. The molecule has 0 aliphatic heterocycles. The van der Waals surface area contributed by atoms with Crippen molar-refractivity contribution in [3.05, 3.63) is 35.4 Å². The minimum absolute atomic E-state index is 0.415. The molecule has 1 aromatic carbocycles. The van der Waals surface area contributed by atoms with Crippen molar-refractivity contribution in [1.82, 2.24) is 5.32 Å². The molecule has 0 saturated heterocycles. The third-order valence-corrected chi connectivity index (χ3v) is 3.56. The zero-order valence-electron chi connectivity index (χ0n) is 11.4. The number of rotatable bonds is 6. The van der Waals surface area contributed by atoms with E-state index >= 15 is 0 Å². The fourth-order valence-corrected chi connectivity index (χ4v) is 1.85. The highest BCUT2D eigenvalue weighted by Crippen LogP contribution is 2.14. The van der Waals surface area contributed by atoms with Gasteiger partial charge in [0, 0.05) is 12.6 Å². The zero-order valence-corrected chi connectivity index (χ0v) is 11.4. The molecule has 0 heterocycles. The molecule has 0 saturated carbocycles. The highest BCUT2D eigenvalue weighted by atomic mass is 16.3. The molecule has 2 nitrogen and oxygen atoms in total. The SMILES string of the molecule is CCC(C)C(C)NCC(O)c1cccc(C)c1. The molecule has 0 bridgehead atoms. The quantitative estimate of drug-likeness (QED) is 0.794. The Kier molecular flexibility index (Phi) is 5.66. The first kappa shape index (κ1) is 14.2. The third-order valence-electron chi connectivity index (χ3n) is 3.56. The zero-order chi connectivity index (χ0) is 12.8. The van der Waals surface area contributed by atoms with Crippen molar-refractivity contribution >= 4 is 0 Å². The van der Waals surface area contributed by atoms with Gasteiger partial charge in [0.05, 0.1) is 6.10 Å². The second kappa shape index (κ2) is 6.77. The molecule has 0 aromatic heterocycles. The summed E-state index contributed by atoms with van der Waals surface area (Å²) in [7, 11) is 0. The van der Waals surface area contributed by atoms with Gasteiger partial charge in [0.15, 0.2) is 0 Å². The molecule has 3 atom stereocenters. The molecule has 17 heavy (non-hydrogen) atoms. The molecule has 2 heteroatoms. The van der Waals surface area contributed by atoms with Crippen molar-refractivity contribution in [2.45, 2.75) is 46.3 Å². The first-order chi connectivity index (χ1) is 8.04. The average molecular weight is 235 g/mol. The molecule has 0 radical (unpaired) electrons. The van der Waals surface area contributed by atoms with E-state index in [1.807, 2.05) is 31.2 Å². The van der Waals surface area contributed by atoms with E-state index in [0.29, 0.717) is 18.5 Å². The maximum absolute atomic E-state index is 10.1. The molecule has 1 rings (SSSR count). The fraction of sp³-hybridized carbons (Fsp3) is 0.600. The summed E-state index contributed by atoms with van der Waals surface area (Å²) in [6, 6.07) is 8.50. The van der Waals surface area contributed by atoms with Crippen molar-refractivity contribution in [2.24, 2.45) is 5.92 Å². The van der Waals surface area contributed by atoms with Crippen LogP contribution in [0.25, 0.3) is 0 Å². The van der Waals surface area contributed by atoms with Crippen LogP contribution in [0.4, 0.5) is 0 Å². The number of aryl methyl sites for hydroxylation is 1. The lowest BCUT2D eigenvalue weighted by Gasteiger charge is -2.22. The monoisotopic (exact) mass is 235 g/mol. The Morgan fingerprint density at radius 2 is 2.00 bits per heavy atom. The Bertz CT molecular complexity index is 337. The van der Waals surface area contributed by atoms with Crippen LogP contribution in [-0.2, 0) is 0 Å². The highest BCUT2D eigenvalue weighted by molar-refractivity contribution is 5.24. The van der Waals surface area contributed by atoms with Gasteiger partial charge in [0.25, 0.3) is 0 Å². The number of nitrogens with one attached hydrogen (secondary N) is 1. The molecule has 1 aromatic rings. The minimum Gasteiger partial charge on any atom is -0.387 e. The summed E-state index contributed by atoms with van der Waals surface area (Å²) < 4.78 is 0. The third kappa shape index (κ3) is 4.49. The molecule has 0 fully saturated rings. The highest BCUT2D eigenvalue weighted by Gasteiger charge is 2.12. The Hall–Kier alpha value is -0.860. The summed E-state index contributed by atoms with van der Waals surface area (Å²) >= 11 is 0. The van der Waals surface area contributed by atoms with E-state index in [1.54, 1.807) is 0 Å². The van der Waals surface area contributed by atoms with Crippen LogP contribution in [0.5, 0.6) is 0 Å². The molecule has 2 N–H and O–H groups in total. The summed E-state index contributed by atoms with van der Waals surface area (Å²) in [6.07, 6.45) is 0.746. The molecular formula is C15H25NO. The first-order valence-electron chi connectivity index (χ1n) is 6.52. The molecule has 0 spiro atoms. The first-order valence-corrected chi connectivity index (χ1v) is 6.52. The lowest BCUT2D eigenvalue weighted by Crippen LogP contribution is -2.35. The van der Waals surface area contributed by atoms with E-state index in [9.17, 15) is 5.11 Å². The van der Waals surface area contributed by atoms with Crippen LogP contribution in [0.3, 0.4) is 0 Å². The van der Waals surface area contributed by atoms with Crippen molar-refractivity contribution in [2.75, 3.05) is 6.54 Å². The van der Waals surface area contributed by atoms with Gasteiger partial charge in [-0.05, 0) is 25.3 Å². The van der Waals surface area contributed by atoms with Gasteiger partial charge in [-0.25, -0.2) is 0 Å². The predicted octanol–water partition coefficient (Wildman–Crippen LogP) is 3.05. The van der Waals surface area contributed by atoms with Gasteiger partial charge in [0.1, 0.15) is 0 Å². The van der Waals surface area contributed by atoms with Crippen molar-refractivity contribution in [1.29, 1.82) is 0 Å². The second-order valence-corrected chi connectivity index (χ2v) is 5.01. The molecule has 0 aliphatic rings. The maximum Gasteiger partial charge on any atom is 0.0914 e. The van der Waals surface area contributed by atoms with Crippen LogP contribution in [0.15, 0.2) is 24.3 Å². The summed E-state index contributed by atoms with van der Waals surface area (Å²) in [4.78, 5) is 0. The Morgan fingerprint density at radius 3 is 2.59 bits per heavy atom. The number of hydrogen-bond acceptors (Lipinski definition) is 2. The molecule has 0 aliphatic carbocycles. The van der Waals surface area contributed by atoms with Crippen LogP contribution in [0.1, 0.15) is 44.4 Å². The summed E-state index contributed by atoms with van der Waals surface area (Å²) in [5.74, 6) is 0.639. The number of aliphatic hydroxyl groups is 1. The lowest BCUT2D eigenvalue weighted by molar-refractivity contribution is 0.166. The van der Waals surface area contributed by atoms with E-state index in [-0.39, 0.29) is 0 Å². The van der Waals surface area contributed by atoms with E-state index in [1.165, 1.54) is 5.56 Å². The average Bonchev–Trinajstić information content (AvgIpc) is 2.34. The van der Waals surface area contributed by atoms with Gasteiger partial charge in [-0.2, -0.15) is 0 Å². The topological polar surface area (TPSA) is 32.3 Å². The van der Waals surface area contributed by atoms with E-state index in [0.717, 1.165) is 12.0 Å². The van der Waals surface area contributed by atoms with Crippen molar-refractivity contribution < 1.29 is 5.11 Å². The Balaban J connectivity index is 2.47. The normalized spacial score (nSPS) is 16.5. The van der Waals surface area contributed by atoms with Crippen LogP contribution >= 0.6 is 0 Å². The predicted molar refractivity (Wildman–Crippen MR) is 73.1 cm³/mol. The van der Waals surface area contributed by atoms with Gasteiger partial charge < -0.3 is 10.4 Å². The van der Waals surface area contributed by atoms with E-state index in [2.05, 4.69) is 26.1 Å². The van der Waals surface area contributed by atoms with Gasteiger partial charge in [-0.3, -0.25) is 0 Å². The molecule has 0 amide bonds. The summed E-state index contributed by atoms with van der Waals surface area (Å²) in [5.41, 5.74) is 2.19. The van der Waals surface area contributed by atoms with Gasteiger partial charge in [0.2, 0.25) is 0 Å².